The summed E-state index contributed by atoms with van der Waals surface area (Å²) in [5.74, 6) is 0.825. The molecule has 1 aromatic rings. The lowest BCUT2D eigenvalue weighted by Crippen LogP contribution is -2.47. The van der Waals surface area contributed by atoms with Gasteiger partial charge in [0.2, 0.25) is 0 Å². The van der Waals surface area contributed by atoms with E-state index < -0.39 is 0 Å². The van der Waals surface area contributed by atoms with E-state index in [0.717, 1.165) is 30.7 Å². The monoisotopic (exact) mass is 306 g/mol. The van der Waals surface area contributed by atoms with Gasteiger partial charge < -0.3 is 20.1 Å². The van der Waals surface area contributed by atoms with Gasteiger partial charge in [0.05, 0.1) is 19.8 Å². The molecule has 1 aliphatic heterocycles. The highest BCUT2D eigenvalue weighted by atomic mass is 16.5. The summed E-state index contributed by atoms with van der Waals surface area (Å²) < 4.78 is 5.17. The second-order valence-corrected chi connectivity index (χ2v) is 6.44. The van der Waals surface area contributed by atoms with Crippen LogP contribution >= 0.6 is 0 Å². The number of rotatable bonds is 5. The van der Waals surface area contributed by atoms with Crippen molar-refractivity contribution < 1.29 is 14.6 Å². The van der Waals surface area contributed by atoms with Gasteiger partial charge in [-0.1, -0.05) is 26.0 Å². The number of hydrogen-bond donors (Lipinski definition) is 2. The van der Waals surface area contributed by atoms with Crippen LogP contribution in [0.3, 0.4) is 0 Å². The van der Waals surface area contributed by atoms with Crippen LogP contribution in [0.25, 0.3) is 0 Å². The molecule has 1 fully saturated rings. The number of likely N-dealkylation sites (tertiary alicyclic amines) is 1. The molecule has 0 aliphatic carbocycles. The average Bonchev–Trinajstić information content (AvgIpc) is 3.01. The fourth-order valence-corrected chi connectivity index (χ4v) is 2.84. The molecule has 0 spiro atoms. The number of aliphatic hydroxyl groups excluding tert-OH is 1. The maximum Gasteiger partial charge on any atom is 0.317 e. The van der Waals surface area contributed by atoms with Gasteiger partial charge in [0.25, 0.3) is 0 Å². The lowest BCUT2D eigenvalue weighted by Gasteiger charge is -2.29. The molecular formula is C17H26N2O3. The van der Waals surface area contributed by atoms with Gasteiger partial charge in [0.1, 0.15) is 5.75 Å². The van der Waals surface area contributed by atoms with E-state index in [9.17, 15) is 9.90 Å². The van der Waals surface area contributed by atoms with Crippen molar-refractivity contribution >= 4 is 6.03 Å². The molecule has 0 saturated carbocycles. The first-order valence-corrected chi connectivity index (χ1v) is 7.78. The van der Waals surface area contributed by atoms with Gasteiger partial charge >= 0.3 is 6.03 Å². The fourth-order valence-electron chi connectivity index (χ4n) is 2.84. The Morgan fingerprint density at radius 1 is 1.41 bits per heavy atom. The number of amides is 2. The lowest BCUT2D eigenvalue weighted by atomic mass is 9.84. The summed E-state index contributed by atoms with van der Waals surface area (Å²) in [6.07, 6.45) is 1.84. The van der Waals surface area contributed by atoms with E-state index in [2.05, 4.69) is 19.2 Å². The average molecular weight is 306 g/mol. The Hall–Kier alpha value is -1.75. The number of urea groups is 1. The van der Waals surface area contributed by atoms with Gasteiger partial charge in [0.15, 0.2) is 0 Å². The van der Waals surface area contributed by atoms with E-state index in [1.54, 1.807) is 12.0 Å². The molecule has 1 aromatic carbocycles. The Bertz CT molecular complexity index is 499. The molecule has 22 heavy (non-hydrogen) atoms. The van der Waals surface area contributed by atoms with Crippen LogP contribution in [0.4, 0.5) is 4.79 Å². The van der Waals surface area contributed by atoms with E-state index in [1.165, 1.54) is 0 Å². The first kappa shape index (κ1) is 16.6. The van der Waals surface area contributed by atoms with Crippen LogP contribution in [0.1, 0.15) is 32.3 Å². The van der Waals surface area contributed by atoms with E-state index in [1.807, 2.05) is 24.3 Å². The van der Waals surface area contributed by atoms with Crippen molar-refractivity contribution in [3.05, 3.63) is 29.8 Å². The van der Waals surface area contributed by atoms with Crippen molar-refractivity contribution in [3.8, 4) is 5.75 Å². The topological polar surface area (TPSA) is 61.8 Å². The number of methoxy groups -OCH3 is 1. The number of hydrogen-bond acceptors (Lipinski definition) is 3. The summed E-state index contributed by atoms with van der Waals surface area (Å²) in [6, 6.07) is 7.79. The molecular weight excluding hydrogens is 280 g/mol. The van der Waals surface area contributed by atoms with Crippen molar-refractivity contribution in [2.45, 2.75) is 38.1 Å². The van der Waals surface area contributed by atoms with Crippen LogP contribution in [0.5, 0.6) is 5.75 Å². The normalized spacial score (nSPS) is 18.4. The predicted octanol–water partition coefficient (Wildman–Crippen LogP) is 2.14. The predicted molar refractivity (Wildman–Crippen MR) is 86.2 cm³/mol. The molecule has 1 heterocycles. The molecule has 5 heteroatoms. The van der Waals surface area contributed by atoms with Crippen molar-refractivity contribution in [1.82, 2.24) is 10.2 Å². The molecule has 122 valence electrons. The molecule has 5 nitrogen and oxygen atoms in total. The Balaban J connectivity index is 1.95. The number of carbonyl (C=O) groups excluding carboxylic acids is 1. The fraction of sp³-hybridized carbons (Fsp3) is 0.588. The summed E-state index contributed by atoms with van der Waals surface area (Å²) in [7, 11) is 1.65. The van der Waals surface area contributed by atoms with Gasteiger partial charge in [-0.15, -0.1) is 0 Å². The van der Waals surface area contributed by atoms with Crippen molar-refractivity contribution in [2.24, 2.45) is 0 Å². The van der Waals surface area contributed by atoms with Crippen LogP contribution in [-0.4, -0.2) is 48.9 Å². The molecule has 1 unspecified atom stereocenters. The summed E-state index contributed by atoms with van der Waals surface area (Å²) in [4.78, 5) is 14.0. The van der Waals surface area contributed by atoms with Gasteiger partial charge in [-0.3, -0.25) is 0 Å². The number of ether oxygens (including phenoxy) is 1. The zero-order chi connectivity index (χ0) is 16.2. The molecule has 2 amide bonds. The summed E-state index contributed by atoms with van der Waals surface area (Å²) in [5, 5.41) is 12.3. The Morgan fingerprint density at radius 2 is 2.09 bits per heavy atom. The number of aliphatic hydroxyl groups is 1. The second kappa shape index (κ2) is 7.01. The molecule has 1 saturated heterocycles. The first-order chi connectivity index (χ1) is 10.5. The molecule has 1 aliphatic rings. The van der Waals surface area contributed by atoms with Gasteiger partial charge in [0, 0.05) is 18.5 Å². The standard InChI is InChI=1S/C17H26N2O3/c1-17(2,13-6-8-15(22-3)9-7-13)12-18-16(21)19-10-4-5-14(19)11-20/h6-9,14,20H,4-5,10-12H2,1-3H3,(H,18,21). The van der Waals surface area contributed by atoms with Crippen LogP contribution in [0.15, 0.2) is 24.3 Å². The number of benzene rings is 1. The van der Waals surface area contributed by atoms with Crippen LogP contribution < -0.4 is 10.1 Å². The molecule has 0 bridgehead atoms. The van der Waals surface area contributed by atoms with E-state index in [4.69, 9.17) is 4.74 Å². The van der Waals surface area contributed by atoms with Gasteiger partial charge in [-0.25, -0.2) is 4.79 Å². The smallest absolute Gasteiger partial charge is 0.317 e. The van der Waals surface area contributed by atoms with Crippen molar-refractivity contribution in [1.29, 1.82) is 0 Å². The minimum Gasteiger partial charge on any atom is -0.497 e. The minimum absolute atomic E-state index is 0.0370. The van der Waals surface area contributed by atoms with Crippen LogP contribution in [0, 0.1) is 0 Å². The third-order valence-electron chi connectivity index (χ3n) is 4.40. The van der Waals surface area contributed by atoms with Gasteiger partial charge in [-0.05, 0) is 30.5 Å². The van der Waals surface area contributed by atoms with Gasteiger partial charge in [-0.2, -0.15) is 0 Å². The Labute approximate surface area is 132 Å². The van der Waals surface area contributed by atoms with Crippen LogP contribution in [-0.2, 0) is 5.41 Å². The maximum absolute atomic E-state index is 12.3. The zero-order valence-corrected chi connectivity index (χ0v) is 13.6. The summed E-state index contributed by atoms with van der Waals surface area (Å²) in [6.45, 7) is 5.51. The highest BCUT2D eigenvalue weighted by Crippen LogP contribution is 2.25. The number of nitrogens with zero attached hydrogens (tertiary/aromatic N) is 1. The zero-order valence-electron chi connectivity index (χ0n) is 13.6. The SMILES string of the molecule is COc1ccc(C(C)(C)CNC(=O)N2CCCC2CO)cc1. The van der Waals surface area contributed by atoms with E-state index in [0.29, 0.717) is 6.54 Å². The molecule has 0 aromatic heterocycles. The Morgan fingerprint density at radius 3 is 2.68 bits per heavy atom. The molecule has 1 atom stereocenters. The quantitative estimate of drug-likeness (QED) is 0.876. The number of nitrogens with one attached hydrogen (secondary N) is 1. The molecule has 2 rings (SSSR count). The van der Waals surface area contributed by atoms with Crippen LogP contribution in [0.2, 0.25) is 0 Å². The third-order valence-corrected chi connectivity index (χ3v) is 4.40. The highest BCUT2D eigenvalue weighted by Gasteiger charge is 2.29. The van der Waals surface area contributed by atoms with Crippen molar-refractivity contribution in [2.75, 3.05) is 26.8 Å². The highest BCUT2D eigenvalue weighted by molar-refractivity contribution is 5.75. The van der Waals surface area contributed by atoms with E-state index in [-0.39, 0.29) is 24.1 Å². The third kappa shape index (κ3) is 3.71. The maximum atomic E-state index is 12.3. The minimum atomic E-state index is -0.170. The summed E-state index contributed by atoms with van der Waals surface area (Å²) >= 11 is 0. The van der Waals surface area contributed by atoms with E-state index >= 15 is 0 Å². The Kier molecular flexibility index (Phi) is 5.29. The van der Waals surface area contributed by atoms with Crippen molar-refractivity contribution in [3.63, 3.8) is 0 Å². The number of carbonyl (C=O) groups is 1. The summed E-state index contributed by atoms with van der Waals surface area (Å²) in [5.41, 5.74) is 0.977. The molecule has 0 radical (unpaired) electrons. The largest absolute Gasteiger partial charge is 0.497 e. The second-order valence-electron chi connectivity index (χ2n) is 6.44. The lowest BCUT2D eigenvalue weighted by molar-refractivity contribution is 0.156. The first-order valence-electron chi connectivity index (χ1n) is 7.78. The molecule has 2 N–H and O–H groups in total.